The summed E-state index contributed by atoms with van der Waals surface area (Å²) < 4.78 is 54.2. The number of carbonyl (C=O) groups excluding carboxylic acids is 1. The molecule has 0 fully saturated rings. The van der Waals surface area contributed by atoms with Gasteiger partial charge in [0.25, 0.3) is 0 Å². The summed E-state index contributed by atoms with van der Waals surface area (Å²) in [5.41, 5.74) is 2.90. The maximum Gasteiger partial charge on any atom is 0.508 e. The molecule has 3 aromatic rings. The molecule has 0 bridgehead atoms. The predicted octanol–water partition coefficient (Wildman–Crippen LogP) is 1.92. The quantitative estimate of drug-likeness (QED) is 0.284. The van der Waals surface area contributed by atoms with Crippen molar-refractivity contribution in [3.8, 4) is 5.69 Å². The predicted molar refractivity (Wildman–Crippen MR) is 125 cm³/mol. The van der Waals surface area contributed by atoms with Crippen molar-refractivity contribution < 1.29 is 36.9 Å². The summed E-state index contributed by atoms with van der Waals surface area (Å²) in [6.45, 7) is 3.53. The van der Waals surface area contributed by atoms with Gasteiger partial charge in [0, 0.05) is 6.42 Å². The Morgan fingerprint density at radius 2 is 1.89 bits per heavy atom. The minimum atomic E-state index is -4.10. The molecule has 13 heteroatoms. The number of hydrogen-bond acceptors (Lipinski definition) is 9. The zero-order valence-corrected chi connectivity index (χ0v) is 20.6. The number of aliphatic hydroxyl groups excluding tert-OH is 1. The van der Waals surface area contributed by atoms with Crippen LogP contribution in [0.2, 0.25) is 0 Å². The van der Waals surface area contributed by atoms with Gasteiger partial charge in [0.1, 0.15) is 23.9 Å². The van der Waals surface area contributed by atoms with Crippen molar-refractivity contribution in [1.29, 1.82) is 0 Å². The van der Waals surface area contributed by atoms with Crippen LogP contribution in [0.4, 0.5) is 9.18 Å². The smallest absolute Gasteiger partial charge is 0.432 e. The molecular weight excluding hydrogens is 495 g/mol. The maximum absolute atomic E-state index is 14.9. The lowest BCUT2D eigenvalue weighted by Crippen LogP contribution is -2.14. The number of hydrogen-bond donors (Lipinski definition) is 2. The standard InChI is InChI=1S/C23H27FN4O7S/c1-15-3-4-16(2)17(11-15)12-22-26-21(14-35-23(30)34-10-9-33-8-7-29)27-28(22)20-6-5-18(13-19(20)24)36(25,31)32/h3-6,11,13,29H,7-10,12,14H2,1-2H3,(H2,25,31,32). The molecule has 0 aliphatic rings. The molecule has 0 saturated carbocycles. The molecule has 2 aromatic carbocycles. The van der Waals surface area contributed by atoms with E-state index in [9.17, 15) is 17.6 Å². The third kappa shape index (κ3) is 7.31. The van der Waals surface area contributed by atoms with Gasteiger partial charge in [-0.05, 0) is 43.2 Å². The van der Waals surface area contributed by atoms with Crippen molar-refractivity contribution in [2.75, 3.05) is 26.4 Å². The number of primary sulfonamides is 1. The molecule has 0 aliphatic carbocycles. The topological polar surface area (TPSA) is 156 Å². The fourth-order valence-electron chi connectivity index (χ4n) is 3.27. The van der Waals surface area contributed by atoms with Crippen LogP contribution in [-0.2, 0) is 37.3 Å². The summed E-state index contributed by atoms with van der Waals surface area (Å²) in [6, 6.07) is 9.11. The molecule has 0 atom stereocenters. The Morgan fingerprint density at radius 1 is 1.11 bits per heavy atom. The van der Waals surface area contributed by atoms with Gasteiger partial charge < -0.3 is 19.3 Å². The molecular formula is C23H27FN4O7S. The van der Waals surface area contributed by atoms with Gasteiger partial charge in [-0.25, -0.2) is 32.4 Å². The van der Waals surface area contributed by atoms with Crippen LogP contribution in [0.25, 0.3) is 5.69 Å². The molecule has 11 nitrogen and oxygen atoms in total. The molecule has 3 N–H and O–H groups in total. The Morgan fingerprint density at radius 3 is 2.58 bits per heavy atom. The first-order valence-corrected chi connectivity index (χ1v) is 12.4. The van der Waals surface area contributed by atoms with Crippen molar-refractivity contribution >= 4 is 16.2 Å². The van der Waals surface area contributed by atoms with Crippen LogP contribution < -0.4 is 5.14 Å². The van der Waals surface area contributed by atoms with Gasteiger partial charge >= 0.3 is 6.16 Å². The van der Waals surface area contributed by atoms with E-state index < -0.39 is 22.0 Å². The Balaban J connectivity index is 1.85. The van der Waals surface area contributed by atoms with Crippen molar-refractivity contribution in [1.82, 2.24) is 14.8 Å². The summed E-state index contributed by atoms with van der Waals surface area (Å²) >= 11 is 0. The monoisotopic (exact) mass is 522 g/mol. The number of nitrogens with zero attached hydrogens (tertiary/aromatic N) is 3. The molecule has 0 unspecified atom stereocenters. The number of sulfonamides is 1. The number of halogens is 1. The molecule has 0 saturated heterocycles. The van der Waals surface area contributed by atoms with Crippen LogP contribution in [0.15, 0.2) is 41.3 Å². The Labute approximate surface area is 207 Å². The summed E-state index contributed by atoms with van der Waals surface area (Å²) in [5.74, 6) is -0.447. The summed E-state index contributed by atoms with van der Waals surface area (Å²) in [5, 5.41) is 18.0. The molecule has 0 radical (unpaired) electrons. The van der Waals surface area contributed by atoms with Gasteiger partial charge in [-0.3, -0.25) is 0 Å². The van der Waals surface area contributed by atoms with Gasteiger partial charge in [-0.2, -0.15) is 0 Å². The number of ether oxygens (including phenoxy) is 3. The average molecular weight is 523 g/mol. The van der Waals surface area contributed by atoms with Crippen molar-refractivity contribution in [3.05, 3.63) is 70.6 Å². The second-order valence-corrected chi connectivity index (χ2v) is 9.41. The van der Waals surface area contributed by atoms with E-state index in [1.165, 1.54) is 16.8 Å². The highest BCUT2D eigenvalue weighted by molar-refractivity contribution is 7.89. The van der Waals surface area contributed by atoms with Crippen LogP contribution in [-0.4, -0.2) is 60.9 Å². The lowest BCUT2D eigenvalue weighted by Gasteiger charge is -2.10. The van der Waals surface area contributed by atoms with E-state index in [1.54, 1.807) is 0 Å². The number of aryl methyl sites for hydroxylation is 2. The fraction of sp³-hybridized carbons (Fsp3) is 0.348. The van der Waals surface area contributed by atoms with Crippen LogP contribution in [0, 0.1) is 19.7 Å². The highest BCUT2D eigenvalue weighted by Crippen LogP contribution is 2.22. The number of carbonyl (C=O) groups is 1. The summed E-state index contributed by atoms with van der Waals surface area (Å²) in [6.07, 6.45) is -0.692. The van der Waals surface area contributed by atoms with E-state index in [-0.39, 0.29) is 55.9 Å². The van der Waals surface area contributed by atoms with Crippen LogP contribution in [0.1, 0.15) is 28.3 Å². The lowest BCUT2D eigenvalue weighted by molar-refractivity contribution is 0.0163. The summed E-state index contributed by atoms with van der Waals surface area (Å²) in [4.78, 5) is 15.9. The number of rotatable bonds is 11. The average Bonchev–Trinajstić information content (AvgIpc) is 3.21. The van der Waals surface area contributed by atoms with E-state index in [0.29, 0.717) is 5.82 Å². The van der Waals surface area contributed by atoms with Gasteiger partial charge in [0.2, 0.25) is 10.0 Å². The van der Waals surface area contributed by atoms with Crippen LogP contribution >= 0.6 is 0 Å². The van der Waals surface area contributed by atoms with Crippen LogP contribution in [0.3, 0.4) is 0 Å². The third-order valence-corrected chi connectivity index (χ3v) is 5.96. The number of aromatic nitrogens is 3. The first-order valence-electron chi connectivity index (χ1n) is 10.9. The first-order chi connectivity index (χ1) is 17.1. The van der Waals surface area contributed by atoms with Crippen LogP contribution in [0.5, 0.6) is 0 Å². The van der Waals surface area contributed by atoms with Gasteiger partial charge in [0.15, 0.2) is 12.4 Å². The normalized spacial score (nSPS) is 11.5. The van der Waals surface area contributed by atoms with Crippen molar-refractivity contribution in [3.63, 3.8) is 0 Å². The van der Waals surface area contributed by atoms with E-state index >= 15 is 0 Å². The fourth-order valence-corrected chi connectivity index (χ4v) is 3.80. The molecule has 1 heterocycles. The van der Waals surface area contributed by atoms with Crippen molar-refractivity contribution in [2.24, 2.45) is 5.14 Å². The molecule has 1 aromatic heterocycles. The molecule has 36 heavy (non-hydrogen) atoms. The largest absolute Gasteiger partial charge is 0.508 e. The van der Waals surface area contributed by atoms with E-state index in [1.807, 2.05) is 32.0 Å². The summed E-state index contributed by atoms with van der Waals surface area (Å²) in [7, 11) is -4.10. The number of nitrogens with two attached hydrogens (primary N) is 1. The highest BCUT2D eigenvalue weighted by atomic mass is 32.2. The third-order valence-electron chi connectivity index (χ3n) is 5.05. The Hall–Kier alpha value is -3.39. The van der Waals surface area contributed by atoms with Gasteiger partial charge in [0.05, 0.1) is 24.7 Å². The SMILES string of the molecule is Cc1ccc(C)c(Cc2nc(COC(=O)OCCOCCO)nn2-c2ccc(S(N)(=O)=O)cc2F)c1. The minimum absolute atomic E-state index is 0.0509. The van der Waals surface area contributed by atoms with Gasteiger partial charge in [-0.1, -0.05) is 23.8 Å². The molecule has 0 spiro atoms. The Kier molecular flexibility index (Phi) is 9.09. The molecule has 0 aliphatic heterocycles. The van der Waals surface area contributed by atoms with Crippen molar-refractivity contribution in [2.45, 2.75) is 31.8 Å². The lowest BCUT2D eigenvalue weighted by atomic mass is 10.0. The zero-order valence-electron chi connectivity index (χ0n) is 19.8. The van der Waals surface area contributed by atoms with E-state index in [2.05, 4.69) is 10.1 Å². The zero-order chi connectivity index (χ0) is 26.3. The maximum atomic E-state index is 14.9. The number of aliphatic hydroxyl groups is 1. The van der Waals surface area contributed by atoms with E-state index in [4.69, 9.17) is 24.5 Å². The highest BCUT2D eigenvalue weighted by Gasteiger charge is 2.19. The van der Waals surface area contributed by atoms with E-state index in [0.717, 1.165) is 22.8 Å². The Bertz CT molecular complexity index is 1330. The second-order valence-electron chi connectivity index (χ2n) is 7.84. The number of benzene rings is 2. The molecule has 0 amide bonds. The first kappa shape index (κ1) is 27.2. The second kappa shape index (κ2) is 12.0. The van der Waals surface area contributed by atoms with Gasteiger partial charge in [-0.15, -0.1) is 5.10 Å². The minimum Gasteiger partial charge on any atom is -0.432 e. The molecule has 3 rings (SSSR count). The molecule has 194 valence electrons.